The van der Waals surface area contributed by atoms with E-state index in [9.17, 15) is 18.0 Å². The molecule has 0 heterocycles. The van der Waals surface area contributed by atoms with E-state index in [2.05, 4.69) is 25.4 Å². The molecule has 0 saturated heterocycles. The summed E-state index contributed by atoms with van der Waals surface area (Å²) in [5, 5.41) is 0.0687. The topological polar surface area (TPSA) is 35.5 Å². The third-order valence-electron chi connectivity index (χ3n) is 1.98. The Labute approximate surface area is 110 Å². The fourth-order valence-corrected chi connectivity index (χ4v) is 1.75. The first-order chi connectivity index (χ1) is 8.49. The summed E-state index contributed by atoms with van der Waals surface area (Å²) in [6.07, 6.45) is 0. The van der Waals surface area contributed by atoms with E-state index in [0.29, 0.717) is 0 Å². The largest absolute Gasteiger partial charge is 0.462 e. The minimum atomic E-state index is -3.11. The molecule has 0 unspecified atom stereocenters. The maximum absolute atomic E-state index is 13.3. The van der Waals surface area contributed by atoms with Crippen molar-refractivity contribution in [3.63, 3.8) is 0 Å². The summed E-state index contributed by atoms with van der Waals surface area (Å²) in [6, 6.07) is 1.82. The van der Waals surface area contributed by atoms with E-state index in [4.69, 9.17) is 0 Å². The first kappa shape index (κ1) is 14.8. The number of esters is 1. The van der Waals surface area contributed by atoms with Gasteiger partial charge in [-0.1, -0.05) is 15.9 Å². The van der Waals surface area contributed by atoms with Crippen molar-refractivity contribution in [3.8, 4) is 5.75 Å². The molecule has 0 aliphatic rings. The molecule has 0 atom stereocenters. The number of benzene rings is 1. The molecule has 1 aromatic rings. The zero-order valence-corrected chi connectivity index (χ0v) is 11.0. The van der Waals surface area contributed by atoms with Crippen LogP contribution in [0.3, 0.4) is 0 Å². The molecule has 0 spiro atoms. The molecule has 1 rings (SSSR count). The van der Waals surface area contributed by atoms with E-state index in [0.717, 1.165) is 12.1 Å². The van der Waals surface area contributed by atoms with Crippen molar-refractivity contribution in [2.24, 2.45) is 0 Å². The molecule has 0 aliphatic heterocycles. The van der Waals surface area contributed by atoms with Crippen molar-refractivity contribution in [3.05, 3.63) is 29.1 Å². The molecule has 0 saturated carbocycles. The second-order valence-corrected chi connectivity index (χ2v) is 3.73. The summed E-state index contributed by atoms with van der Waals surface area (Å²) in [4.78, 5) is 11.5. The zero-order valence-electron chi connectivity index (χ0n) is 9.38. The van der Waals surface area contributed by atoms with E-state index >= 15 is 0 Å². The molecule has 100 valence electrons. The SMILES string of the molecule is CCOC(=O)c1cc(F)cc(CBr)c1OC(F)F. The van der Waals surface area contributed by atoms with Crippen LogP contribution in [0.1, 0.15) is 22.8 Å². The van der Waals surface area contributed by atoms with Crippen LogP contribution in [-0.2, 0) is 10.1 Å². The van der Waals surface area contributed by atoms with Crippen LogP contribution in [0.4, 0.5) is 13.2 Å². The number of ether oxygens (including phenoxy) is 2. The molecule has 7 heteroatoms. The minimum absolute atomic E-state index is 0.0487. The van der Waals surface area contributed by atoms with Gasteiger partial charge >= 0.3 is 12.6 Å². The van der Waals surface area contributed by atoms with Crippen molar-refractivity contribution in [2.75, 3.05) is 6.61 Å². The van der Waals surface area contributed by atoms with Crippen molar-refractivity contribution in [2.45, 2.75) is 18.9 Å². The number of alkyl halides is 3. The van der Waals surface area contributed by atoms with Crippen LogP contribution < -0.4 is 4.74 Å². The van der Waals surface area contributed by atoms with E-state index in [1.807, 2.05) is 0 Å². The van der Waals surface area contributed by atoms with Gasteiger partial charge in [-0.15, -0.1) is 0 Å². The second-order valence-electron chi connectivity index (χ2n) is 3.17. The number of rotatable bonds is 5. The molecule has 0 N–H and O–H groups in total. The van der Waals surface area contributed by atoms with Gasteiger partial charge in [0, 0.05) is 10.9 Å². The summed E-state index contributed by atoms with van der Waals surface area (Å²) in [5.74, 6) is -2.01. The summed E-state index contributed by atoms with van der Waals surface area (Å²) >= 11 is 3.01. The van der Waals surface area contributed by atoms with Crippen LogP contribution in [0.25, 0.3) is 0 Å². The number of carbonyl (C=O) groups excluding carboxylic acids is 1. The second kappa shape index (κ2) is 6.63. The standard InChI is InChI=1S/C11H10BrF3O3/c1-2-17-10(16)8-4-7(13)3-6(5-12)9(8)18-11(14)15/h3-4,11H,2,5H2,1H3. The van der Waals surface area contributed by atoms with Gasteiger partial charge in [0.1, 0.15) is 17.1 Å². The normalized spacial score (nSPS) is 10.6. The Kier molecular flexibility index (Phi) is 5.46. The van der Waals surface area contributed by atoms with Crippen LogP contribution in [-0.4, -0.2) is 19.2 Å². The molecule has 0 amide bonds. The summed E-state index contributed by atoms with van der Waals surface area (Å²) in [5.41, 5.74) is -0.245. The highest BCUT2D eigenvalue weighted by molar-refractivity contribution is 9.08. The Morgan fingerprint density at radius 3 is 2.61 bits per heavy atom. The highest BCUT2D eigenvalue weighted by Gasteiger charge is 2.21. The van der Waals surface area contributed by atoms with Gasteiger partial charge in [-0.2, -0.15) is 8.78 Å². The lowest BCUT2D eigenvalue weighted by Crippen LogP contribution is -2.12. The monoisotopic (exact) mass is 326 g/mol. The van der Waals surface area contributed by atoms with Crippen LogP contribution >= 0.6 is 15.9 Å². The van der Waals surface area contributed by atoms with E-state index in [1.165, 1.54) is 0 Å². The Bertz CT molecular complexity index is 438. The fraction of sp³-hybridized carbons (Fsp3) is 0.364. The molecule has 0 bridgehead atoms. The van der Waals surface area contributed by atoms with Crippen LogP contribution in [0.2, 0.25) is 0 Å². The maximum Gasteiger partial charge on any atom is 0.387 e. The highest BCUT2D eigenvalue weighted by Crippen LogP contribution is 2.29. The third-order valence-corrected chi connectivity index (χ3v) is 2.58. The Hall–Kier alpha value is -1.24. The van der Waals surface area contributed by atoms with Gasteiger partial charge < -0.3 is 9.47 Å². The van der Waals surface area contributed by atoms with Crippen LogP contribution in [0.15, 0.2) is 12.1 Å². The summed E-state index contributed by atoms with van der Waals surface area (Å²) < 4.78 is 46.7. The lowest BCUT2D eigenvalue weighted by Gasteiger charge is -2.13. The summed E-state index contributed by atoms with van der Waals surface area (Å²) in [7, 11) is 0. The van der Waals surface area contributed by atoms with Crippen molar-refractivity contribution in [1.29, 1.82) is 0 Å². The number of hydrogen-bond donors (Lipinski definition) is 0. The number of halogens is 4. The van der Waals surface area contributed by atoms with Crippen molar-refractivity contribution < 1.29 is 27.4 Å². The lowest BCUT2D eigenvalue weighted by atomic mass is 10.1. The zero-order chi connectivity index (χ0) is 13.7. The molecule has 3 nitrogen and oxygen atoms in total. The first-order valence-corrected chi connectivity index (χ1v) is 6.12. The lowest BCUT2D eigenvalue weighted by molar-refractivity contribution is -0.0509. The quantitative estimate of drug-likeness (QED) is 0.613. The van der Waals surface area contributed by atoms with Crippen LogP contribution in [0.5, 0.6) is 5.75 Å². The van der Waals surface area contributed by atoms with E-state index in [1.54, 1.807) is 6.92 Å². The van der Waals surface area contributed by atoms with Gasteiger partial charge in [0.05, 0.1) is 6.61 Å². The average molecular weight is 327 g/mol. The molecule has 0 aromatic heterocycles. The van der Waals surface area contributed by atoms with E-state index in [-0.39, 0.29) is 28.8 Å². The molecular formula is C11H10BrF3O3. The number of carbonyl (C=O) groups is 1. The maximum atomic E-state index is 13.3. The molecule has 18 heavy (non-hydrogen) atoms. The first-order valence-electron chi connectivity index (χ1n) is 4.99. The van der Waals surface area contributed by atoms with Crippen molar-refractivity contribution in [1.82, 2.24) is 0 Å². The molecule has 0 aliphatic carbocycles. The smallest absolute Gasteiger partial charge is 0.387 e. The Morgan fingerprint density at radius 1 is 1.44 bits per heavy atom. The Morgan fingerprint density at radius 2 is 2.11 bits per heavy atom. The molecule has 0 radical (unpaired) electrons. The Balaban J connectivity index is 3.27. The highest BCUT2D eigenvalue weighted by atomic mass is 79.9. The van der Waals surface area contributed by atoms with Gasteiger partial charge in [0.15, 0.2) is 0 Å². The van der Waals surface area contributed by atoms with E-state index < -0.39 is 18.4 Å². The van der Waals surface area contributed by atoms with Gasteiger partial charge in [0.25, 0.3) is 0 Å². The van der Waals surface area contributed by atoms with Gasteiger partial charge in [-0.25, -0.2) is 9.18 Å². The molecule has 0 fully saturated rings. The van der Waals surface area contributed by atoms with Gasteiger partial charge in [0.2, 0.25) is 0 Å². The summed E-state index contributed by atoms with van der Waals surface area (Å²) in [6.45, 7) is -1.51. The molecule has 1 aromatic carbocycles. The van der Waals surface area contributed by atoms with Crippen LogP contribution in [0, 0.1) is 5.82 Å². The van der Waals surface area contributed by atoms with Gasteiger partial charge in [-0.3, -0.25) is 0 Å². The fourth-order valence-electron chi connectivity index (χ4n) is 1.34. The predicted molar refractivity (Wildman–Crippen MR) is 61.6 cm³/mol. The van der Waals surface area contributed by atoms with Crippen molar-refractivity contribution >= 4 is 21.9 Å². The third kappa shape index (κ3) is 3.63. The molecular weight excluding hydrogens is 317 g/mol. The number of hydrogen-bond acceptors (Lipinski definition) is 3. The average Bonchev–Trinajstić information content (AvgIpc) is 2.30. The van der Waals surface area contributed by atoms with Gasteiger partial charge in [-0.05, 0) is 19.1 Å². The minimum Gasteiger partial charge on any atom is -0.462 e. The predicted octanol–water partition coefficient (Wildman–Crippen LogP) is 3.50.